The van der Waals surface area contributed by atoms with Gasteiger partial charge >= 0.3 is 0 Å². The molecule has 1 aromatic rings. The Balaban J connectivity index is 2.01. The molecule has 1 saturated carbocycles. The number of aryl methyl sites for hydroxylation is 1. The zero-order valence-corrected chi connectivity index (χ0v) is 14.5. The number of nitrogens with one attached hydrogen (secondary N) is 2. The molecule has 3 atom stereocenters. The van der Waals surface area contributed by atoms with Crippen LogP contribution in [0, 0.1) is 12.8 Å². The van der Waals surface area contributed by atoms with Crippen molar-refractivity contribution in [3.63, 3.8) is 0 Å². The molecular weight excluding hydrogens is 304 g/mol. The molecule has 1 aliphatic rings. The summed E-state index contributed by atoms with van der Waals surface area (Å²) in [6.07, 6.45) is 4.25. The second-order valence-corrected chi connectivity index (χ2v) is 6.77. The number of hydrogen-bond acceptors (Lipinski definition) is 3. The van der Waals surface area contributed by atoms with Crippen LogP contribution in [-0.4, -0.2) is 29.6 Å². The number of hydrogen-bond donors (Lipinski definition) is 3. The number of aliphatic hydroxyl groups is 1. The van der Waals surface area contributed by atoms with Gasteiger partial charge < -0.3 is 15.7 Å². The standard InChI is InChI=1S/C19H28N2O3/c1-13-7-9-15(10-8-13)18(20-14(2)23)11-19(24)21-17-6-4-3-5-16(17)12-22/h7-10,16-18,22H,3-6,11-12H2,1-2H3,(H,20,23)(H,21,24). The van der Waals surface area contributed by atoms with Crippen LogP contribution in [-0.2, 0) is 9.59 Å². The Morgan fingerprint density at radius 3 is 2.50 bits per heavy atom. The minimum absolute atomic E-state index is 0.0345. The lowest BCUT2D eigenvalue weighted by atomic mass is 9.85. The number of benzene rings is 1. The Kier molecular flexibility index (Phi) is 6.79. The highest BCUT2D eigenvalue weighted by Crippen LogP contribution is 2.25. The molecule has 5 nitrogen and oxygen atoms in total. The number of rotatable bonds is 6. The van der Waals surface area contributed by atoms with E-state index in [-0.39, 0.29) is 42.8 Å². The third kappa shape index (κ3) is 5.34. The molecule has 24 heavy (non-hydrogen) atoms. The Morgan fingerprint density at radius 1 is 1.21 bits per heavy atom. The highest BCUT2D eigenvalue weighted by molar-refractivity contribution is 5.79. The molecule has 1 fully saturated rings. The molecule has 0 aromatic heterocycles. The van der Waals surface area contributed by atoms with Crippen LogP contribution >= 0.6 is 0 Å². The number of amides is 2. The first-order chi connectivity index (χ1) is 11.5. The van der Waals surface area contributed by atoms with Gasteiger partial charge in [-0.25, -0.2) is 0 Å². The van der Waals surface area contributed by atoms with Crippen molar-refractivity contribution in [2.75, 3.05) is 6.61 Å². The van der Waals surface area contributed by atoms with Crippen LogP contribution < -0.4 is 10.6 Å². The molecule has 3 N–H and O–H groups in total. The minimum Gasteiger partial charge on any atom is -0.396 e. The predicted octanol–water partition coefficient (Wildman–Crippen LogP) is 2.23. The van der Waals surface area contributed by atoms with Crippen molar-refractivity contribution in [2.45, 2.75) is 58.0 Å². The van der Waals surface area contributed by atoms with Gasteiger partial charge in [0.2, 0.25) is 11.8 Å². The maximum atomic E-state index is 12.5. The number of carbonyl (C=O) groups excluding carboxylic acids is 2. The van der Waals surface area contributed by atoms with Crippen molar-refractivity contribution in [3.8, 4) is 0 Å². The van der Waals surface area contributed by atoms with E-state index in [1.807, 2.05) is 31.2 Å². The van der Waals surface area contributed by atoms with Gasteiger partial charge in [0.25, 0.3) is 0 Å². The van der Waals surface area contributed by atoms with Crippen molar-refractivity contribution in [1.82, 2.24) is 10.6 Å². The third-order valence-corrected chi connectivity index (χ3v) is 4.74. The smallest absolute Gasteiger partial charge is 0.222 e. The minimum atomic E-state index is -0.334. The van der Waals surface area contributed by atoms with Gasteiger partial charge in [-0.1, -0.05) is 42.7 Å². The zero-order chi connectivity index (χ0) is 17.5. The van der Waals surface area contributed by atoms with Gasteiger partial charge in [-0.3, -0.25) is 9.59 Å². The lowest BCUT2D eigenvalue weighted by molar-refractivity contribution is -0.123. The molecule has 0 spiro atoms. The quantitative estimate of drug-likeness (QED) is 0.747. The van der Waals surface area contributed by atoms with E-state index in [1.165, 1.54) is 6.92 Å². The van der Waals surface area contributed by atoms with Crippen LogP contribution in [0.3, 0.4) is 0 Å². The molecular formula is C19H28N2O3. The van der Waals surface area contributed by atoms with Crippen molar-refractivity contribution < 1.29 is 14.7 Å². The number of carbonyl (C=O) groups is 2. The molecule has 1 aliphatic carbocycles. The van der Waals surface area contributed by atoms with E-state index in [1.54, 1.807) is 0 Å². The van der Waals surface area contributed by atoms with E-state index in [2.05, 4.69) is 10.6 Å². The van der Waals surface area contributed by atoms with E-state index in [0.717, 1.165) is 36.8 Å². The van der Waals surface area contributed by atoms with Crippen molar-refractivity contribution in [3.05, 3.63) is 35.4 Å². The Morgan fingerprint density at radius 2 is 1.88 bits per heavy atom. The molecule has 0 radical (unpaired) electrons. The number of aliphatic hydroxyl groups excluding tert-OH is 1. The molecule has 132 valence electrons. The highest BCUT2D eigenvalue weighted by Gasteiger charge is 2.27. The first-order valence-corrected chi connectivity index (χ1v) is 8.73. The highest BCUT2D eigenvalue weighted by atomic mass is 16.3. The summed E-state index contributed by atoms with van der Waals surface area (Å²) in [5.41, 5.74) is 2.06. The summed E-state index contributed by atoms with van der Waals surface area (Å²) in [7, 11) is 0. The largest absolute Gasteiger partial charge is 0.396 e. The summed E-state index contributed by atoms with van der Waals surface area (Å²) < 4.78 is 0. The Bertz CT molecular complexity index is 556. The SMILES string of the molecule is CC(=O)NC(CC(=O)NC1CCCCC1CO)c1ccc(C)cc1. The molecule has 0 aliphatic heterocycles. The summed E-state index contributed by atoms with van der Waals surface area (Å²) >= 11 is 0. The van der Waals surface area contributed by atoms with Crippen LogP contribution in [0.5, 0.6) is 0 Å². The second-order valence-electron chi connectivity index (χ2n) is 6.77. The maximum Gasteiger partial charge on any atom is 0.222 e. The maximum absolute atomic E-state index is 12.5. The molecule has 2 amide bonds. The second kappa shape index (κ2) is 8.83. The Hall–Kier alpha value is -1.88. The van der Waals surface area contributed by atoms with Gasteiger partial charge in [0.15, 0.2) is 0 Å². The molecule has 0 saturated heterocycles. The van der Waals surface area contributed by atoms with Gasteiger partial charge in [-0.2, -0.15) is 0 Å². The molecule has 0 bridgehead atoms. The normalized spacial score (nSPS) is 21.8. The molecule has 5 heteroatoms. The van der Waals surface area contributed by atoms with Gasteiger partial charge in [-0.05, 0) is 25.3 Å². The summed E-state index contributed by atoms with van der Waals surface area (Å²) in [5.74, 6) is -0.0970. The molecule has 3 unspecified atom stereocenters. The predicted molar refractivity (Wildman–Crippen MR) is 93.3 cm³/mol. The average molecular weight is 332 g/mol. The van der Waals surface area contributed by atoms with Crippen LogP contribution in [0.2, 0.25) is 0 Å². The monoisotopic (exact) mass is 332 g/mol. The van der Waals surface area contributed by atoms with Crippen molar-refractivity contribution in [1.29, 1.82) is 0 Å². The molecule has 2 rings (SSSR count). The van der Waals surface area contributed by atoms with Crippen LogP contribution in [0.1, 0.15) is 56.2 Å². The van der Waals surface area contributed by atoms with Gasteiger partial charge in [0.1, 0.15) is 0 Å². The molecule has 0 heterocycles. The molecule has 1 aromatic carbocycles. The fraction of sp³-hybridized carbons (Fsp3) is 0.579. The Labute approximate surface area is 143 Å². The third-order valence-electron chi connectivity index (χ3n) is 4.74. The zero-order valence-electron chi connectivity index (χ0n) is 14.5. The van der Waals surface area contributed by atoms with Crippen LogP contribution in [0.15, 0.2) is 24.3 Å². The average Bonchev–Trinajstić information content (AvgIpc) is 2.55. The van der Waals surface area contributed by atoms with Gasteiger partial charge in [0, 0.05) is 25.5 Å². The van der Waals surface area contributed by atoms with Gasteiger partial charge in [-0.15, -0.1) is 0 Å². The summed E-state index contributed by atoms with van der Waals surface area (Å²) in [4.78, 5) is 23.9. The summed E-state index contributed by atoms with van der Waals surface area (Å²) in [6.45, 7) is 3.57. The van der Waals surface area contributed by atoms with Crippen LogP contribution in [0.4, 0.5) is 0 Å². The lowest BCUT2D eigenvalue weighted by Crippen LogP contribution is -2.44. The van der Waals surface area contributed by atoms with Crippen molar-refractivity contribution >= 4 is 11.8 Å². The van der Waals surface area contributed by atoms with Crippen LogP contribution in [0.25, 0.3) is 0 Å². The van der Waals surface area contributed by atoms with E-state index in [9.17, 15) is 14.7 Å². The van der Waals surface area contributed by atoms with E-state index < -0.39 is 0 Å². The van der Waals surface area contributed by atoms with E-state index >= 15 is 0 Å². The lowest BCUT2D eigenvalue weighted by Gasteiger charge is -2.31. The summed E-state index contributed by atoms with van der Waals surface area (Å²) in [6, 6.07) is 7.54. The first kappa shape index (κ1) is 18.5. The topological polar surface area (TPSA) is 78.4 Å². The van der Waals surface area contributed by atoms with Crippen molar-refractivity contribution in [2.24, 2.45) is 5.92 Å². The summed E-state index contributed by atoms with van der Waals surface area (Å²) in [5, 5.41) is 15.4. The van der Waals surface area contributed by atoms with E-state index in [0.29, 0.717) is 0 Å². The first-order valence-electron chi connectivity index (χ1n) is 8.73. The van der Waals surface area contributed by atoms with E-state index in [4.69, 9.17) is 0 Å². The fourth-order valence-electron chi connectivity index (χ4n) is 3.36. The van der Waals surface area contributed by atoms with Gasteiger partial charge in [0.05, 0.1) is 12.5 Å². The fourth-order valence-corrected chi connectivity index (χ4v) is 3.36.